The lowest BCUT2D eigenvalue weighted by Gasteiger charge is -2.18. The molecule has 1 unspecified atom stereocenters. The Morgan fingerprint density at radius 3 is 2.44 bits per heavy atom. The van der Waals surface area contributed by atoms with Crippen molar-refractivity contribution in [2.24, 2.45) is 0 Å². The molecular formula is C11H22F3NO. The average Bonchev–Trinajstić information content (AvgIpc) is 2.16. The van der Waals surface area contributed by atoms with Gasteiger partial charge in [0.1, 0.15) is 0 Å². The van der Waals surface area contributed by atoms with Crippen molar-refractivity contribution < 1.29 is 17.9 Å². The van der Waals surface area contributed by atoms with E-state index in [-0.39, 0.29) is 12.5 Å². The van der Waals surface area contributed by atoms with E-state index in [1.54, 1.807) is 0 Å². The summed E-state index contributed by atoms with van der Waals surface area (Å²) in [6.07, 6.45) is -3.14. The summed E-state index contributed by atoms with van der Waals surface area (Å²) in [5.41, 5.74) is 0. The topological polar surface area (TPSA) is 21.3 Å². The van der Waals surface area contributed by atoms with Gasteiger partial charge in [0, 0.05) is 19.1 Å². The molecule has 0 rings (SSSR count). The molecular weight excluding hydrogens is 219 g/mol. The summed E-state index contributed by atoms with van der Waals surface area (Å²) in [7, 11) is 0. The standard InChI is InChI=1S/C11H22F3NO/c1-3-8-16-9-10(15-4-2)6-5-7-11(12,13)14/h10,15H,3-9H2,1-2H3. The third-order valence-electron chi connectivity index (χ3n) is 2.17. The summed E-state index contributed by atoms with van der Waals surface area (Å²) in [5, 5.41) is 3.14. The molecule has 0 spiro atoms. The molecule has 0 aliphatic heterocycles. The van der Waals surface area contributed by atoms with Crippen LogP contribution in [-0.2, 0) is 4.74 Å². The van der Waals surface area contributed by atoms with E-state index >= 15 is 0 Å². The smallest absolute Gasteiger partial charge is 0.380 e. The van der Waals surface area contributed by atoms with Crippen LogP contribution < -0.4 is 5.32 Å². The fraction of sp³-hybridized carbons (Fsp3) is 1.00. The highest BCUT2D eigenvalue weighted by atomic mass is 19.4. The SMILES string of the molecule is CCCOCC(CCCC(F)(F)F)NCC. The van der Waals surface area contributed by atoms with Crippen LogP contribution in [0.3, 0.4) is 0 Å². The summed E-state index contributed by atoms with van der Waals surface area (Å²) < 4.78 is 41.2. The van der Waals surface area contributed by atoms with Crippen LogP contribution in [0.2, 0.25) is 0 Å². The Hall–Kier alpha value is -0.290. The highest BCUT2D eigenvalue weighted by Crippen LogP contribution is 2.22. The summed E-state index contributed by atoms with van der Waals surface area (Å²) >= 11 is 0. The molecule has 0 fully saturated rings. The number of alkyl halides is 3. The number of ether oxygens (including phenoxy) is 1. The van der Waals surface area contributed by atoms with Crippen LogP contribution >= 0.6 is 0 Å². The van der Waals surface area contributed by atoms with Gasteiger partial charge in [0.2, 0.25) is 0 Å². The summed E-state index contributed by atoms with van der Waals surface area (Å²) in [6.45, 7) is 5.87. The summed E-state index contributed by atoms with van der Waals surface area (Å²) in [5.74, 6) is 0. The fourth-order valence-corrected chi connectivity index (χ4v) is 1.45. The van der Waals surface area contributed by atoms with Crippen molar-refractivity contribution in [3.63, 3.8) is 0 Å². The van der Waals surface area contributed by atoms with Crippen molar-refractivity contribution in [1.29, 1.82) is 0 Å². The van der Waals surface area contributed by atoms with Gasteiger partial charge in [0.15, 0.2) is 0 Å². The Kier molecular flexibility index (Phi) is 8.66. The maximum Gasteiger partial charge on any atom is 0.389 e. The molecule has 0 saturated heterocycles. The molecule has 2 nitrogen and oxygen atoms in total. The Bertz CT molecular complexity index is 162. The predicted molar refractivity (Wildman–Crippen MR) is 58.5 cm³/mol. The van der Waals surface area contributed by atoms with Gasteiger partial charge < -0.3 is 10.1 Å². The lowest BCUT2D eigenvalue weighted by molar-refractivity contribution is -0.136. The molecule has 5 heteroatoms. The van der Waals surface area contributed by atoms with Crippen LogP contribution in [0.5, 0.6) is 0 Å². The second-order valence-corrected chi connectivity index (χ2v) is 3.84. The van der Waals surface area contributed by atoms with Crippen molar-refractivity contribution in [2.75, 3.05) is 19.8 Å². The van der Waals surface area contributed by atoms with Crippen molar-refractivity contribution in [1.82, 2.24) is 5.32 Å². The maximum atomic E-state index is 11.9. The first-order chi connectivity index (χ1) is 7.49. The van der Waals surface area contributed by atoms with Gasteiger partial charge in [-0.05, 0) is 25.8 Å². The van der Waals surface area contributed by atoms with E-state index in [4.69, 9.17) is 4.74 Å². The maximum absolute atomic E-state index is 11.9. The predicted octanol–water partition coefficient (Wildman–Crippen LogP) is 3.12. The molecule has 0 aliphatic rings. The van der Waals surface area contributed by atoms with Crippen molar-refractivity contribution in [2.45, 2.75) is 51.7 Å². The van der Waals surface area contributed by atoms with Crippen molar-refractivity contribution in [3.05, 3.63) is 0 Å². The van der Waals surface area contributed by atoms with Crippen LogP contribution in [0.15, 0.2) is 0 Å². The molecule has 0 aliphatic carbocycles. The molecule has 0 amide bonds. The second kappa shape index (κ2) is 8.82. The first-order valence-corrected chi connectivity index (χ1v) is 5.87. The molecule has 0 aromatic rings. The highest BCUT2D eigenvalue weighted by molar-refractivity contribution is 4.66. The number of halogens is 3. The molecule has 0 aromatic heterocycles. The van der Waals surface area contributed by atoms with Crippen molar-refractivity contribution >= 4 is 0 Å². The Morgan fingerprint density at radius 2 is 1.94 bits per heavy atom. The number of nitrogens with one attached hydrogen (secondary N) is 1. The molecule has 0 radical (unpaired) electrons. The lowest BCUT2D eigenvalue weighted by atomic mass is 10.1. The zero-order chi connectivity index (χ0) is 12.4. The first kappa shape index (κ1) is 15.7. The quantitative estimate of drug-likeness (QED) is 0.626. The third kappa shape index (κ3) is 10.2. The number of hydrogen-bond acceptors (Lipinski definition) is 2. The van der Waals surface area contributed by atoms with Gasteiger partial charge in [-0.1, -0.05) is 13.8 Å². The van der Waals surface area contributed by atoms with Crippen molar-refractivity contribution in [3.8, 4) is 0 Å². The molecule has 0 aromatic carbocycles. The number of hydrogen-bond donors (Lipinski definition) is 1. The van der Waals surface area contributed by atoms with Crippen LogP contribution in [0.25, 0.3) is 0 Å². The molecule has 16 heavy (non-hydrogen) atoms. The minimum Gasteiger partial charge on any atom is -0.380 e. The molecule has 0 saturated carbocycles. The van der Waals surface area contributed by atoms with E-state index in [2.05, 4.69) is 5.32 Å². The Morgan fingerprint density at radius 1 is 1.25 bits per heavy atom. The van der Waals surface area contributed by atoms with E-state index < -0.39 is 12.6 Å². The summed E-state index contributed by atoms with van der Waals surface area (Å²) in [6, 6.07) is 0.0406. The number of likely N-dealkylation sites (N-methyl/N-ethyl adjacent to an activating group) is 1. The largest absolute Gasteiger partial charge is 0.389 e. The monoisotopic (exact) mass is 241 g/mol. The molecule has 98 valence electrons. The van der Waals surface area contributed by atoms with Gasteiger partial charge in [0.05, 0.1) is 6.61 Å². The van der Waals surface area contributed by atoms with Gasteiger partial charge >= 0.3 is 6.18 Å². The van der Waals surface area contributed by atoms with E-state index in [0.29, 0.717) is 19.6 Å². The highest BCUT2D eigenvalue weighted by Gasteiger charge is 2.26. The van der Waals surface area contributed by atoms with Crippen LogP contribution in [0.4, 0.5) is 13.2 Å². The normalized spacial score (nSPS) is 14.1. The van der Waals surface area contributed by atoms with Crippen LogP contribution in [0.1, 0.15) is 39.5 Å². The fourth-order valence-electron chi connectivity index (χ4n) is 1.45. The van der Waals surface area contributed by atoms with Gasteiger partial charge in [-0.2, -0.15) is 13.2 Å². The Labute approximate surface area is 95.5 Å². The zero-order valence-corrected chi connectivity index (χ0v) is 10.1. The minimum absolute atomic E-state index is 0.0406. The molecule has 1 atom stereocenters. The second-order valence-electron chi connectivity index (χ2n) is 3.84. The van der Waals surface area contributed by atoms with Gasteiger partial charge in [0.25, 0.3) is 0 Å². The van der Waals surface area contributed by atoms with E-state index in [0.717, 1.165) is 13.0 Å². The van der Waals surface area contributed by atoms with E-state index in [1.165, 1.54) is 0 Å². The molecule has 1 N–H and O–H groups in total. The average molecular weight is 241 g/mol. The van der Waals surface area contributed by atoms with Gasteiger partial charge in [-0.25, -0.2) is 0 Å². The first-order valence-electron chi connectivity index (χ1n) is 5.87. The van der Waals surface area contributed by atoms with E-state index in [9.17, 15) is 13.2 Å². The zero-order valence-electron chi connectivity index (χ0n) is 10.1. The molecule has 0 heterocycles. The minimum atomic E-state index is -4.04. The summed E-state index contributed by atoms with van der Waals surface area (Å²) in [4.78, 5) is 0. The third-order valence-corrected chi connectivity index (χ3v) is 2.17. The van der Waals surface area contributed by atoms with Gasteiger partial charge in [-0.3, -0.25) is 0 Å². The number of rotatable bonds is 9. The van der Waals surface area contributed by atoms with Crippen LogP contribution in [-0.4, -0.2) is 32.0 Å². The van der Waals surface area contributed by atoms with Gasteiger partial charge in [-0.15, -0.1) is 0 Å². The van der Waals surface area contributed by atoms with Crippen LogP contribution in [0, 0.1) is 0 Å². The lowest BCUT2D eigenvalue weighted by Crippen LogP contribution is -2.33. The molecule has 0 bridgehead atoms. The Balaban J connectivity index is 3.67. The van der Waals surface area contributed by atoms with E-state index in [1.807, 2.05) is 13.8 Å².